The third-order valence-corrected chi connectivity index (χ3v) is 6.41. The second-order valence-electron chi connectivity index (χ2n) is 7.75. The summed E-state index contributed by atoms with van der Waals surface area (Å²) in [6.45, 7) is 7.09. The van der Waals surface area contributed by atoms with Gasteiger partial charge in [0.1, 0.15) is 0 Å². The van der Waals surface area contributed by atoms with Crippen LogP contribution in [0, 0.1) is 6.92 Å². The van der Waals surface area contributed by atoms with Crippen molar-refractivity contribution in [1.82, 2.24) is 10.2 Å². The van der Waals surface area contributed by atoms with E-state index in [-0.39, 0.29) is 11.8 Å². The van der Waals surface area contributed by atoms with Crippen LogP contribution < -0.4 is 10.6 Å². The normalized spacial score (nSPS) is 17.8. The molecule has 2 heterocycles. The highest BCUT2D eigenvalue weighted by molar-refractivity contribution is 8.04. The number of hydrogen-bond donors (Lipinski definition) is 2. The van der Waals surface area contributed by atoms with Gasteiger partial charge in [-0.25, -0.2) is 0 Å². The van der Waals surface area contributed by atoms with E-state index < -0.39 is 0 Å². The first-order valence-electron chi connectivity index (χ1n) is 10.6. The second kappa shape index (κ2) is 10.1. The van der Waals surface area contributed by atoms with Gasteiger partial charge in [0.2, 0.25) is 0 Å². The molecular formula is C24H27N3O3S. The Kier molecular flexibility index (Phi) is 7.06. The van der Waals surface area contributed by atoms with Crippen molar-refractivity contribution >= 4 is 35.3 Å². The topological polar surface area (TPSA) is 70.7 Å². The number of benzene rings is 2. The summed E-state index contributed by atoms with van der Waals surface area (Å²) in [4.78, 5) is 29.0. The molecule has 7 heteroatoms. The molecule has 4 rings (SSSR count). The Morgan fingerprint density at radius 2 is 2.06 bits per heavy atom. The van der Waals surface area contributed by atoms with Crippen LogP contribution in [0.5, 0.6) is 0 Å². The number of rotatable bonds is 6. The van der Waals surface area contributed by atoms with Gasteiger partial charge >= 0.3 is 0 Å². The van der Waals surface area contributed by atoms with Gasteiger partial charge < -0.3 is 15.4 Å². The zero-order valence-corrected chi connectivity index (χ0v) is 18.5. The van der Waals surface area contributed by atoms with Gasteiger partial charge in [0, 0.05) is 30.1 Å². The summed E-state index contributed by atoms with van der Waals surface area (Å²) in [5.74, 6) is -0.271. The van der Waals surface area contributed by atoms with Crippen molar-refractivity contribution in [3.63, 3.8) is 0 Å². The molecule has 6 nitrogen and oxygen atoms in total. The standard InChI is InChI=1S/C24H27N3O3S/c1-17-4-2-5-18(14-17)15-22-24(29)26-20-16-19(6-7-21(20)31-22)23(28)25-8-3-9-27-10-12-30-13-11-27/h2,4-7,14-16H,3,8-13H2,1H3,(H,25,28)(H,26,29). The molecule has 2 aliphatic heterocycles. The first-order valence-corrected chi connectivity index (χ1v) is 11.4. The number of nitrogens with one attached hydrogen (secondary N) is 2. The molecule has 162 valence electrons. The van der Waals surface area contributed by atoms with Crippen LogP contribution in [0.3, 0.4) is 0 Å². The van der Waals surface area contributed by atoms with E-state index >= 15 is 0 Å². The molecule has 2 aromatic carbocycles. The lowest BCUT2D eigenvalue weighted by Crippen LogP contribution is -2.38. The maximum absolute atomic E-state index is 12.6. The van der Waals surface area contributed by atoms with Crippen molar-refractivity contribution in [2.24, 2.45) is 0 Å². The number of anilines is 1. The van der Waals surface area contributed by atoms with Crippen LogP contribution in [-0.4, -0.2) is 56.1 Å². The summed E-state index contributed by atoms with van der Waals surface area (Å²) >= 11 is 1.43. The van der Waals surface area contributed by atoms with E-state index in [0.29, 0.717) is 22.7 Å². The van der Waals surface area contributed by atoms with E-state index in [1.165, 1.54) is 11.8 Å². The van der Waals surface area contributed by atoms with Gasteiger partial charge in [0.05, 0.1) is 23.8 Å². The number of hydrogen-bond acceptors (Lipinski definition) is 5. The SMILES string of the molecule is Cc1cccc(C=C2Sc3ccc(C(=O)NCCCN4CCOCC4)cc3NC2=O)c1. The van der Waals surface area contributed by atoms with Crippen LogP contribution >= 0.6 is 11.8 Å². The quantitative estimate of drug-likeness (QED) is 0.534. The third-order valence-electron chi connectivity index (χ3n) is 5.31. The number of ether oxygens (including phenoxy) is 1. The molecule has 2 N–H and O–H groups in total. The smallest absolute Gasteiger partial charge is 0.262 e. The predicted molar refractivity (Wildman–Crippen MR) is 124 cm³/mol. The third kappa shape index (κ3) is 5.76. The van der Waals surface area contributed by atoms with Crippen molar-refractivity contribution in [2.45, 2.75) is 18.2 Å². The molecule has 1 fully saturated rings. The lowest BCUT2D eigenvalue weighted by Gasteiger charge is -2.26. The molecular weight excluding hydrogens is 410 g/mol. The second-order valence-corrected chi connectivity index (χ2v) is 8.84. The minimum absolute atomic E-state index is 0.120. The summed E-state index contributed by atoms with van der Waals surface area (Å²) in [5, 5.41) is 5.90. The van der Waals surface area contributed by atoms with Gasteiger partial charge in [0.25, 0.3) is 11.8 Å². The molecule has 0 spiro atoms. The van der Waals surface area contributed by atoms with Crippen LogP contribution in [0.25, 0.3) is 6.08 Å². The van der Waals surface area contributed by atoms with E-state index in [9.17, 15) is 9.59 Å². The number of fused-ring (bicyclic) bond motifs is 1. The zero-order chi connectivity index (χ0) is 21.6. The van der Waals surface area contributed by atoms with Crippen LogP contribution in [0.2, 0.25) is 0 Å². The van der Waals surface area contributed by atoms with Gasteiger partial charge in [-0.3, -0.25) is 14.5 Å². The van der Waals surface area contributed by atoms with Crippen molar-refractivity contribution in [2.75, 3.05) is 44.7 Å². The fourth-order valence-corrected chi connectivity index (χ4v) is 4.58. The van der Waals surface area contributed by atoms with Gasteiger partial charge in [-0.15, -0.1) is 0 Å². The van der Waals surface area contributed by atoms with E-state index in [2.05, 4.69) is 15.5 Å². The lowest BCUT2D eigenvalue weighted by molar-refractivity contribution is -0.112. The Balaban J connectivity index is 1.35. The maximum Gasteiger partial charge on any atom is 0.262 e. The molecule has 1 saturated heterocycles. The highest BCUT2D eigenvalue weighted by Crippen LogP contribution is 2.39. The number of nitrogens with zero attached hydrogens (tertiary/aromatic N) is 1. The van der Waals surface area contributed by atoms with Crippen LogP contribution in [-0.2, 0) is 9.53 Å². The number of morpholine rings is 1. The monoisotopic (exact) mass is 437 g/mol. The molecule has 0 unspecified atom stereocenters. The number of aryl methyl sites for hydroxylation is 1. The molecule has 0 atom stereocenters. The first-order chi connectivity index (χ1) is 15.1. The van der Waals surface area contributed by atoms with Crippen LogP contribution in [0.1, 0.15) is 27.9 Å². The molecule has 2 aromatic rings. The Bertz CT molecular complexity index is 999. The molecule has 0 aliphatic carbocycles. The van der Waals surface area contributed by atoms with E-state index in [0.717, 1.165) is 55.3 Å². The minimum atomic E-state index is -0.151. The fourth-order valence-electron chi connectivity index (χ4n) is 3.64. The summed E-state index contributed by atoms with van der Waals surface area (Å²) in [7, 11) is 0. The minimum Gasteiger partial charge on any atom is -0.379 e. The molecule has 0 aromatic heterocycles. The average molecular weight is 438 g/mol. The zero-order valence-electron chi connectivity index (χ0n) is 17.6. The molecule has 0 bridgehead atoms. The van der Waals surface area contributed by atoms with Crippen molar-refractivity contribution in [3.8, 4) is 0 Å². The first kappa shape index (κ1) is 21.6. The summed E-state index contributed by atoms with van der Waals surface area (Å²) < 4.78 is 5.35. The number of carbonyl (C=O) groups excluding carboxylic acids is 2. The Morgan fingerprint density at radius 3 is 2.87 bits per heavy atom. The summed E-state index contributed by atoms with van der Waals surface area (Å²) in [5.41, 5.74) is 3.38. The molecule has 0 saturated carbocycles. The maximum atomic E-state index is 12.6. The highest BCUT2D eigenvalue weighted by atomic mass is 32.2. The van der Waals surface area contributed by atoms with E-state index in [1.54, 1.807) is 6.07 Å². The fraction of sp³-hybridized carbons (Fsp3) is 0.333. The highest BCUT2D eigenvalue weighted by Gasteiger charge is 2.22. The summed E-state index contributed by atoms with van der Waals surface area (Å²) in [6, 6.07) is 13.5. The number of amides is 2. The van der Waals surface area contributed by atoms with Crippen molar-refractivity contribution in [1.29, 1.82) is 0 Å². The van der Waals surface area contributed by atoms with Gasteiger partial charge in [-0.2, -0.15) is 0 Å². The van der Waals surface area contributed by atoms with Gasteiger partial charge in [-0.1, -0.05) is 41.6 Å². The number of thioether (sulfide) groups is 1. The lowest BCUT2D eigenvalue weighted by atomic mass is 10.1. The Hall–Kier alpha value is -2.61. The van der Waals surface area contributed by atoms with Gasteiger partial charge in [-0.05, 0) is 49.7 Å². The Morgan fingerprint density at radius 1 is 1.23 bits per heavy atom. The molecule has 2 aliphatic rings. The van der Waals surface area contributed by atoms with Crippen LogP contribution in [0.4, 0.5) is 5.69 Å². The van der Waals surface area contributed by atoms with Crippen molar-refractivity contribution in [3.05, 3.63) is 64.1 Å². The predicted octanol–water partition coefficient (Wildman–Crippen LogP) is 3.53. The van der Waals surface area contributed by atoms with Crippen LogP contribution in [0.15, 0.2) is 52.3 Å². The molecule has 0 radical (unpaired) electrons. The van der Waals surface area contributed by atoms with E-state index in [4.69, 9.17) is 4.74 Å². The van der Waals surface area contributed by atoms with Crippen molar-refractivity contribution < 1.29 is 14.3 Å². The molecule has 2 amide bonds. The summed E-state index contributed by atoms with van der Waals surface area (Å²) in [6.07, 6.45) is 2.79. The van der Waals surface area contributed by atoms with E-state index in [1.807, 2.05) is 49.4 Å². The largest absolute Gasteiger partial charge is 0.379 e. The Labute approximate surface area is 187 Å². The molecule has 31 heavy (non-hydrogen) atoms. The van der Waals surface area contributed by atoms with Gasteiger partial charge in [0.15, 0.2) is 0 Å². The average Bonchev–Trinajstić information content (AvgIpc) is 2.77. The number of carbonyl (C=O) groups is 2.